The Morgan fingerprint density at radius 2 is 2.13 bits per heavy atom. The fourth-order valence-corrected chi connectivity index (χ4v) is 1.89. The Bertz CT molecular complexity index is 200. The van der Waals surface area contributed by atoms with Crippen molar-refractivity contribution >= 4 is 5.91 Å². The highest BCUT2D eigenvalue weighted by atomic mass is 16.3. The van der Waals surface area contributed by atoms with Crippen LogP contribution in [0.15, 0.2) is 0 Å². The van der Waals surface area contributed by atoms with Gasteiger partial charge in [0.25, 0.3) is 0 Å². The second-order valence-corrected chi connectivity index (χ2v) is 5.03. The monoisotopic (exact) mass is 213 g/mol. The molecule has 1 unspecified atom stereocenters. The Morgan fingerprint density at radius 3 is 2.60 bits per heavy atom. The van der Waals surface area contributed by atoms with Crippen molar-refractivity contribution in [2.24, 2.45) is 17.8 Å². The van der Waals surface area contributed by atoms with E-state index in [2.05, 4.69) is 19.2 Å². The van der Waals surface area contributed by atoms with Crippen molar-refractivity contribution in [3.8, 4) is 0 Å². The predicted octanol–water partition coefficient (Wildman–Crippen LogP) is 1.56. The third-order valence-corrected chi connectivity index (χ3v) is 2.86. The number of hydrogen-bond acceptors (Lipinski definition) is 2. The maximum atomic E-state index is 11.4. The first-order valence-electron chi connectivity index (χ1n) is 6.02. The molecule has 0 bridgehead atoms. The standard InChI is InChI=1S/C12H23NO2/c1-9(2)7-10(5-6-14)8-13-12(15)11-3-4-11/h9-11,14H,3-8H2,1-2H3,(H,13,15). The van der Waals surface area contributed by atoms with Crippen LogP contribution in [0.4, 0.5) is 0 Å². The molecule has 0 aliphatic heterocycles. The number of carbonyl (C=O) groups excluding carboxylic acids is 1. The van der Waals surface area contributed by atoms with E-state index in [0.717, 1.165) is 32.2 Å². The van der Waals surface area contributed by atoms with E-state index in [0.29, 0.717) is 17.8 Å². The average Bonchev–Trinajstić information content (AvgIpc) is 2.96. The van der Waals surface area contributed by atoms with Crippen molar-refractivity contribution in [2.45, 2.75) is 39.5 Å². The average molecular weight is 213 g/mol. The topological polar surface area (TPSA) is 49.3 Å². The van der Waals surface area contributed by atoms with E-state index in [1.54, 1.807) is 0 Å². The van der Waals surface area contributed by atoms with Crippen molar-refractivity contribution in [2.75, 3.05) is 13.2 Å². The number of rotatable bonds is 7. The van der Waals surface area contributed by atoms with Gasteiger partial charge in [0, 0.05) is 19.1 Å². The Hall–Kier alpha value is -0.570. The fraction of sp³-hybridized carbons (Fsp3) is 0.917. The molecule has 0 aromatic rings. The molecule has 15 heavy (non-hydrogen) atoms. The third kappa shape index (κ3) is 5.17. The fourth-order valence-electron chi connectivity index (χ4n) is 1.89. The van der Waals surface area contributed by atoms with Gasteiger partial charge in [-0.3, -0.25) is 4.79 Å². The maximum absolute atomic E-state index is 11.4. The van der Waals surface area contributed by atoms with Crippen LogP contribution in [0.3, 0.4) is 0 Å². The van der Waals surface area contributed by atoms with Gasteiger partial charge >= 0.3 is 0 Å². The summed E-state index contributed by atoms with van der Waals surface area (Å²) in [5.41, 5.74) is 0. The lowest BCUT2D eigenvalue weighted by Crippen LogP contribution is -2.31. The molecule has 1 rings (SSSR count). The summed E-state index contributed by atoms with van der Waals surface area (Å²) < 4.78 is 0. The zero-order valence-electron chi connectivity index (χ0n) is 9.83. The smallest absolute Gasteiger partial charge is 0.223 e. The zero-order valence-corrected chi connectivity index (χ0v) is 9.83. The van der Waals surface area contributed by atoms with E-state index in [1.165, 1.54) is 0 Å². The van der Waals surface area contributed by atoms with Crippen molar-refractivity contribution in [3.05, 3.63) is 0 Å². The normalized spacial score (nSPS) is 17.9. The number of nitrogens with one attached hydrogen (secondary N) is 1. The molecule has 0 aromatic carbocycles. The lowest BCUT2D eigenvalue weighted by molar-refractivity contribution is -0.122. The SMILES string of the molecule is CC(C)CC(CCO)CNC(=O)C1CC1. The third-order valence-electron chi connectivity index (χ3n) is 2.86. The lowest BCUT2D eigenvalue weighted by atomic mass is 9.94. The van der Waals surface area contributed by atoms with Crippen LogP contribution in [0.2, 0.25) is 0 Å². The summed E-state index contributed by atoms with van der Waals surface area (Å²) in [7, 11) is 0. The van der Waals surface area contributed by atoms with Crippen LogP contribution in [0.1, 0.15) is 39.5 Å². The number of aliphatic hydroxyl groups is 1. The van der Waals surface area contributed by atoms with E-state index in [-0.39, 0.29) is 12.5 Å². The summed E-state index contributed by atoms with van der Waals surface area (Å²) in [5, 5.41) is 11.9. The van der Waals surface area contributed by atoms with Crippen LogP contribution in [-0.2, 0) is 4.79 Å². The molecule has 0 spiro atoms. The summed E-state index contributed by atoms with van der Waals surface area (Å²) in [6.45, 7) is 5.30. The molecule has 3 heteroatoms. The van der Waals surface area contributed by atoms with Crippen molar-refractivity contribution < 1.29 is 9.90 Å². The van der Waals surface area contributed by atoms with Gasteiger partial charge in [-0.05, 0) is 37.5 Å². The molecule has 1 atom stereocenters. The second-order valence-electron chi connectivity index (χ2n) is 5.03. The Labute approximate surface area is 92.3 Å². The number of aliphatic hydroxyl groups excluding tert-OH is 1. The molecule has 0 heterocycles. The summed E-state index contributed by atoms with van der Waals surface area (Å²) in [4.78, 5) is 11.4. The number of carbonyl (C=O) groups is 1. The summed E-state index contributed by atoms with van der Waals surface area (Å²) in [6.07, 6.45) is 3.98. The van der Waals surface area contributed by atoms with Crippen LogP contribution >= 0.6 is 0 Å². The highest BCUT2D eigenvalue weighted by molar-refractivity contribution is 5.80. The summed E-state index contributed by atoms with van der Waals surface area (Å²) >= 11 is 0. The van der Waals surface area contributed by atoms with Crippen LogP contribution < -0.4 is 5.32 Å². The summed E-state index contributed by atoms with van der Waals surface area (Å²) in [6, 6.07) is 0. The predicted molar refractivity (Wildman–Crippen MR) is 60.4 cm³/mol. The molecule has 0 aromatic heterocycles. The molecule has 1 amide bonds. The highest BCUT2D eigenvalue weighted by Crippen LogP contribution is 2.28. The highest BCUT2D eigenvalue weighted by Gasteiger charge is 2.29. The van der Waals surface area contributed by atoms with Crippen LogP contribution in [0.5, 0.6) is 0 Å². The molecule has 88 valence electrons. The van der Waals surface area contributed by atoms with E-state index in [4.69, 9.17) is 5.11 Å². The first kappa shape index (κ1) is 12.5. The van der Waals surface area contributed by atoms with Gasteiger partial charge in [-0.2, -0.15) is 0 Å². The number of amides is 1. The molecule has 0 saturated heterocycles. The Kier molecular flexibility index (Phi) is 5.09. The minimum atomic E-state index is 0.210. The van der Waals surface area contributed by atoms with E-state index >= 15 is 0 Å². The van der Waals surface area contributed by atoms with E-state index < -0.39 is 0 Å². The van der Waals surface area contributed by atoms with Crippen LogP contribution in [0, 0.1) is 17.8 Å². The Balaban J connectivity index is 2.20. The molecule has 2 N–H and O–H groups in total. The van der Waals surface area contributed by atoms with Gasteiger partial charge in [0.1, 0.15) is 0 Å². The van der Waals surface area contributed by atoms with Crippen molar-refractivity contribution in [1.29, 1.82) is 0 Å². The molecule has 0 radical (unpaired) electrons. The minimum Gasteiger partial charge on any atom is -0.396 e. The summed E-state index contributed by atoms with van der Waals surface area (Å²) in [5.74, 6) is 1.55. The second kappa shape index (κ2) is 6.11. The van der Waals surface area contributed by atoms with E-state index in [9.17, 15) is 4.79 Å². The molecule has 1 aliphatic carbocycles. The number of hydrogen-bond donors (Lipinski definition) is 2. The van der Waals surface area contributed by atoms with Crippen LogP contribution in [-0.4, -0.2) is 24.2 Å². The van der Waals surface area contributed by atoms with Crippen molar-refractivity contribution in [3.63, 3.8) is 0 Å². The first-order chi connectivity index (χ1) is 7.13. The largest absolute Gasteiger partial charge is 0.396 e. The zero-order chi connectivity index (χ0) is 11.3. The van der Waals surface area contributed by atoms with Gasteiger partial charge in [-0.15, -0.1) is 0 Å². The minimum absolute atomic E-state index is 0.210. The molecule has 3 nitrogen and oxygen atoms in total. The first-order valence-corrected chi connectivity index (χ1v) is 6.02. The molecule has 1 saturated carbocycles. The van der Waals surface area contributed by atoms with Gasteiger partial charge in [-0.25, -0.2) is 0 Å². The molecular weight excluding hydrogens is 190 g/mol. The quantitative estimate of drug-likeness (QED) is 0.674. The molecule has 1 aliphatic rings. The van der Waals surface area contributed by atoms with Crippen molar-refractivity contribution in [1.82, 2.24) is 5.32 Å². The Morgan fingerprint density at radius 1 is 1.47 bits per heavy atom. The van der Waals surface area contributed by atoms with Gasteiger partial charge in [0.05, 0.1) is 0 Å². The lowest BCUT2D eigenvalue weighted by Gasteiger charge is -2.18. The van der Waals surface area contributed by atoms with E-state index in [1.807, 2.05) is 0 Å². The van der Waals surface area contributed by atoms with Gasteiger partial charge < -0.3 is 10.4 Å². The molecule has 1 fully saturated rings. The van der Waals surface area contributed by atoms with Gasteiger partial charge in [0.2, 0.25) is 5.91 Å². The van der Waals surface area contributed by atoms with Gasteiger partial charge in [-0.1, -0.05) is 13.8 Å². The van der Waals surface area contributed by atoms with Crippen LogP contribution in [0.25, 0.3) is 0 Å². The maximum Gasteiger partial charge on any atom is 0.223 e. The van der Waals surface area contributed by atoms with Gasteiger partial charge in [0.15, 0.2) is 0 Å². The molecular formula is C12H23NO2.